The van der Waals surface area contributed by atoms with Gasteiger partial charge in [-0.15, -0.1) is 0 Å². The van der Waals surface area contributed by atoms with Crippen LogP contribution in [0.4, 0.5) is 0 Å². The van der Waals surface area contributed by atoms with Crippen molar-refractivity contribution >= 4 is 11.9 Å². The van der Waals surface area contributed by atoms with E-state index in [2.05, 4.69) is 38.2 Å². The number of carbonyl (C=O) groups excluding carboxylic acids is 1. The van der Waals surface area contributed by atoms with Crippen LogP contribution in [-0.4, -0.2) is 23.1 Å². The van der Waals surface area contributed by atoms with E-state index in [0.29, 0.717) is 12.8 Å². The largest absolute Gasteiger partial charge is 0.481 e. The fourth-order valence-electron chi connectivity index (χ4n) is 6.50. The molecule has 1 atom stereocenters. The molecule has 0 aliphatic carbocycles. The summed E-state index contributed by atoms with van der Waals surface area (Å²) >= 11 is 0. The molecule has 0 saturated heterocycles. The first-order chi connectivity index (χ1) is 23.6. The Balaban J connectivity index is 3.69. The van der Waals surface area contributed by atoms with Crippen molar-refractivity contribution in [3.05, 3.63) is 24.3 Å². The average Bonchev–Trinajstić information content (AvgIpc) is 3.07. The minimum atomic E-state index is -0.809. The first-order valence-corrected chi connectivity index (χ1v) is 21.3. The van der Waals surface area contributed by atoms with Crippen molar-refractivity contribution in [3.8, 4) is 0 Å². The van der Waals surface area contributed by atoms with E-state index in [0.717, 1.165) is 38.5 Å². The number of esters is 1. The van der Waals surface area contributed by atoms with Crippen LogP contribution < -0.4 is 0 Å². The van der Waals surface area contributed by atoms with E-state index in [1.54, 1.807) is 0 Å². The summed E-state index contributed by atoms with van der Waals surface area (Å²) in [4.78, 5) is 23.6. The Morgan fingerprint density at radius 2 is 0.833 bits per heavy atom. The zero-order valence-corrected chi connectivity index (χ0v) is 32.3. The van der Waals surface area contributed by atoms with Crippen LogP contribution in [-0.2, 0) is 14.3 Å². The summed E-state index contributed by atoms with van der Waals surface area (Å²) in [6.07, 6.45) is 50.6. The molecule has 0 heterocycles. The summed E-state index contributed by atoms with van der Waals surface area (Å²) < 4.78 is 5.75. The second kappa shape index (κ2) is 39.9. The number of ether oxygens (including phenoxy) is 1. The van der Waals surface area contributed by atoms with Gasteiger partial charge in [-0.2, -0.15) is 0 Å². The first kappa shape index (κ1) is 46.4. The Morgan fingerprint density at radius 3 is 1.29 bits per heavy atom. The molecule has 0 spiro atoms. The molecular formula is C44H82O4. The predicted molar refractivity (Wildman–Crippen MR) is 209 cm³/mol. The molecule has 0 saturated carbocycles. The molecule has 0 rings (SSSR count). The number of rotatable bonds is 39. The summed E-state index contributed by atoms with van der Waals surface area (Å²) in [7, 11) is 0. The maximum atomic E-state index is 12.5. The minimum absolute atomic E-state index is 0.0738. The molecule has 0 amide bonds. The molecule has 0 radical (unpaired) electrons. The standard InChI is InChI=1S/C44H82O4/c1-3-5-7-9-11-13-15-17-19-21-22-23-25-27-29-31-33-35-37-39-44(47)48-42(40-41-43(45)46)38-36-34-32-30-28-26-24-20-18-16-14-12-10-8-6-4-2/h11,13,17,19,42H,3-10,12,14-16,18,20-41H2,1-2H3,(H,45,46)/b13-11-,19-17-. The minimum Gasteiger partial charge on any atom is -0.481 e. The van der Waals surface area contributed by atoms with E-state index in [1.165, 1.54) is 167 Å². The average molecular weight is 675 g/mol. The Hall–Kier alpha value is -1.58. The molecule has 4 nitrogen and oxygen atoms in total. The molecule has 282 valence electrons. The number of aliphatic carboxylic acids is 1. The van der Waals surface area contributed by atoms with Crippen molar-refractivity contribution in [1.29, 1.82) is 0 Å². The smallest absolute Gasteiger partial charge is 0.306 e. The van der Waals surface area contributed by atoms with Crippen molar-refractivity contribution in [2.24, 2.45) is 0 Å². The number of allylic oxidation sites excluding steroid dienone is 4. The van der Waals surface area contributed by atoms with Crippen molar-refractivity contribution in [2.75, 3.05) is 0 Å². The molecular weight excluding hydrogens is 592 g/mol. The van der Waals surface area contributed by atoms with Gasteiger partial charge in [-0.3, -0.25) is 9.59 Å². The highest BCUT2D eigenvalue weighted by Crippen LogP contribution is 2.18. The van der Waals surface area contributed by atoms with Crippen LogP contribution in [0.25, 0.3) is 0 Å². The first-order valence-electron chi connectivity index (χ1n) is 21.3. The number of unbranched alkanes of at least 4 members (excludes halogenated alkanes) is 27. The number of carbonyl (C=O) groups is 2. The predicted octanol–water partition coefficient (Wildman–Crippen LogP) is 14.8. The van der Waals surface area contributed by atoms with E-state index in [1.807, 2.05) is 0 Å². The van der Waals surface area contributed by atoms with Crippen LogP contribution >= 0.6 is 0 Å². The van der Waals surface area contributed by atoms with E-state index in [-0.39, 0.29) is 18.5 Å². The maximum Gasteiger partial charge on any atom is 0.306 e. The van der Waals surface area contributed by atoms with Gasteiger partial charge in [-0.25, -0.2) is 0 Å². The zero-order chi connectivity index (χ0) is 35.0. The molecule has 1 unspecified atom stereocenters. The van der Waals surface area contributed by atoms with Gasteiger partial charge in [0.2, 0.25) is 0 Å². The van der Waals surface area contributed by atoms with Gasteiger partial charge >= 0.3 is 11.9 Å². The molecule has 0 aromatic rings. The van der Waals surface area contributed by atoms with Crippen LogP contribution in [0.3, 0.4) is 0 Å². The summed E-state index contributed by atoms with van der Waals surface area (Å²) in [5, 5.41) is 9.14. The number of hydrogen-bond acceptors (Lipinski definition) is 3. The molecule has 0 aliphatic rings. The van der Waals surface area contributed by atoms with Crippen LogP contribution in [0.15, 0.2) is 24.3 Å². The Kier molecular flexibility index (Phi) is 38.5. The van der Waals surface area contributed by atoms with Gasteiger partial charge in [-0.1, -0.05) is 192 Å². The number of hydrogen-bond donors (Lipinski definition) is 1. The molecule has 1 N–H and O–H groups in total. The monoisotopic (exact) mass is 675 g/mol. The summed E-state index contributed by atoms with van der Waals surface area (Å²) in [5.41, 5.74) is 0. The van der Waals surface area contributed by atoms with Gasteiger partial charge in [0.15, 0.2) is 0 Å². The molecule has 4 heteroatoms. The van der Waals surface area contributed by atoms with E-state index >= 15 is 0 Å². The quantitative estimate of drug-likeness (QED) is 0.0400. The lowest BCUT2D eigenvalue weighted by Crippen LogP contribution is -2.19. The van der Waals surface area contributed by atoms with Crippen LogP contribution in [0.5, 0.6) is 0 Å². The van der Waals surface area contributed by atoms with Crippen molar-refractivity contribution in [2.45, 2.75) is 245 Å². The van der Waals surface area contributed by atoms with Crippen molar-refractivity contribution in [1.82, 2.24) is 0 Å². The van der Waals surface area contributed by atoms with Crippen LogP contribution in [0.1, 0.15) is 239 Å². The van der Waals surface area contributed by atoms with E-state index < -0.39 is 5.97 Å². The van der Waals surface area contributed by atoms with Gasteiger partial charge in [0, 0.05) is 12.8 Å². The summed E-state index contributed by atoms with van der Waals surface area (Å²) in [6, 6.07) is 0. The van der Waals surface area contributed by atoms with E-state index in [4.69, 9.17) is 9.84 Å². The highest BCUT2D eigenvalue weighted by molar-refractivity contribution is 5.69. The van der Waals surface area contributed by atoms with Gasteiger partial charge in [0.05, 0.1) is 0 Å². The fraction of sp³-hybridized carbons (Fsp3) is 0.864. The Labute approximate surface area is 299 Å². The second-order valence-electron chi connectivity index (χ2n) is 14.5. The lowest BCUT2D eigenvalue weighted by atomic mass is 10.0. The van der Waals surface area contributed by atoms with Gasteiger partial charge in [0.25, 0.3) is 0 Å². The fourth-order valence-corrected chi connectivity index (χ4v) is 6.50. The lowest BCUT2D eigenvalue weighted by Gasteiger charge is -2.17. The van der Waals surface area contributed by atoms with Crippen LogP contribution in [0.2, 0.25) is 0 Å². The van der Waals surface area contributed by atoms with Crippen molar-refractivity contribution in [3.63, 3.8) is 0 Å². The SMILES string of the molecule is CCCCC/C=C\C/C=C\CCCCCCCCCCCC(=O)OC(CCCCCCCCCCCCCCCCCC)CCC(=O)O. The Bertz CT molecular complexity index is 727. The highest BCUT2D eigenvalue weighted by atomic mass is 16.5. The zero-order valence-electron chi connectivity index (χ0n) is 32.3. The van der Waals surface area contributed by atoms with Crippen LogP contribution in [0, 0.1) is 0 Å². The molecule has 0 bridgehead atoms. The van der Waals surface area contributed by atoms with Gasteiger partial charge in [-0.05, 0) is 57.8 Å². The molecule has 0 aliphatic heterocycles. The molecule has 48 heavy (non-hydrogen) atoms. The highest BCUT2D eigenvalue weighted by Gasteiger charge is 2.16. The van der Waals surface area contributed by atoms with Gasteiger partial charge < -0.3 is 9.84 Å². The third kappa shape index (κ3) is 38.9. The van der Waals surface area contributed by atoms with Gasteiger partial charge in [0.1, 0.15) is 6.10 Å². The third-order valence-corrected chi connectivity index (χ3v) is 9.69. The van der Waals surface area contributed by atoms with E-state index in [9.17, 15) is 9.59 Å². The molecule has 0 aromatic carbocycles. The summed E-state index contributed by atoms with van der Waals surface area (Å²) in [6.45, 7) is 4.53. The Morgan fingerprint density at radius 1 is 0.458 bits per heavy atom. The van der Waals surface area contributed by atoms with Crippen molar-refractivity contribution < 1.29 is 19.4 Å². The molecule has 0 fully saturated rings. The molecule has 0 aromatic heterocycles. The summed E-state index contributed by atoms with van der Waals surface area (Å²) in [5.74, 6) is -0.949. The lowest BCUT2D eigenvalue weighted by molar-refractivity contribution is -0.151. The third-order valence-electron chi connectivity index (χ3n) is 9.69. The topological polar surface area (TPSA) is 63.6 Å². The second-order valence-corrected chi connectivity index (χ2v) is 14.5. The normalized spacial score (nSPS) is 12.4. The number of carboxylic acids is 1. The number of carboxylic acid groups (broad SMARTS) is 1. The maximum absolute atomic E-state index is 12.5.